The number of hydrogen-bond donors (Lipinski definition) is 2. The topological polar surface area (TPSA) is 61.3 Å². The monoisotopic (exact) mass is 238 g/mol. The zero-order valence-electron chi connectivity index (χ0n) is 9.86. The van der Waals surface area contributed by atoms with E-state index in [4.69, 9.17) is 16.2 Å². The fourth-order valence-corrected chi connectivity index (χ4v) is 2.37. The summed E-state index contributed by atoms with van der Waals surface area (Å²) < 4.78 is 18.9. The van der Waals surface area contributed by atoms with Crippen molar-refractivity contribution in [1.82, 2.24) is 0 Å². The third-order valence-corrected chi connectivity index (χ3v) is 3.40. The molecule has 1 aliphatic carbocycles. The first-order valence-electron chi connectivity index (χ1n) is 6.12. The molecule has 0 aromatic heterocycles. The molecule has 0 amide bonds. The highest BCUT2D eigenvalue weighted by molar-refractivity contribution is 5.52. The fourth-order valence-electron chi connectivity index (χ4n) is 2.37. The van der Waals surface area contributed by atoms with Crippen LogP contribution in [0.5, 0.6) is 5.75 Å². The first-order valence-corrected chi connectivity index (χ1v) is 6.12. The third kappa shape index (κ3) is 2.88. The van der Waals surface area contributed by atoms with E-state index in [1.165, 1.54) is 24.6 Å². The zero-order valence-corrected chi connectivity index (χ0v) is 9.86. The van der Waals surface area contributed by atoms with E-state index >= 15 is 0 Å². The molecule has 2 unspecified atom stereocenters. The van der Waals surface area contributed by atoms with Gasteiger partial charge in [-0.15, -0.1) is 0 Å². The largest absolute Gasteiger partial charge is 0.488 e. The van der Waals surface area contributed by atoms with Crippen molar-refractivity contribution in [2.75, 3.05) is 12.3 Å². The van der Waals surface area contributed by atoms with Gasteiger partial charge in [0.05, 0.1) is 5.69 Å². The molecular formula is C13H19FN2O. The van der Waals surface area contributed by atoms with E-state index < -0.39 is 0 Å². The number of hydrogen-bond acceptors (Lipinski definition) is 3. The van der Waals surface area contributed by atoms with Gasteiger partial charge in [0, 0.05) is 12.0 Å². The molecule has 94 valence electrons. The highest BCUT2D eigenvalue weighted by Gasteiger charge is 2.26. The van der Waals surface area contributed by atoms with Gasteiger partial charge < -0.3 is 16.2 Å². The Morgan fingerprint density at radius 1 is 1.29 bits per heavy atom. The summed E-state index contributed by atoms with van der Waals surface area (Å²) in [6.07, 6.45) is 4.45. The summed E-state index contributed by atoms with van der Waals surface area (Å²) in [5.74, 6) is 0.469. The maximum atomic E-state index is 13.1. The lowest BCUT2D eigenvalue weighted by Gasteiger charge is -2.31. The lowest BCUT2D eigenvalue weighted by molar-refractivity contribution is 0.0974. The van der Waals surface area contributed by atoms with Gasteiger partial charge in [-0.1, -0.05) is 6.42 Å². The number of anilines is 1. The minimum absolute atomic E-state index is 0.0675. The summed E-state index contributed by atoms with van der Waals surface area (Å²) in [6, 6.07) is 4.21. The van der Waals surface area contributed by atoms with Crippen LogP contribution in [0.25, 0.3) is 0 Å². The van der Waals surface area contributed by atoms with E-state index in [0.29, 0.717) is 23.9 Å². The van der Waals surface area contributed by atoms with E-state index in [2.05, 4.69) is 0 Å². The summed E-state index contributed by atoms with van der Waals surface area (Å²) in [4.78, 5) is 0. The van der Waals surface area contributed by atoms with Crippen LogP contribution in [-0.2, 0) is 0 Å². The highest BCUT2D eigenvalue weighted by Crippen LogP contribution is 2.30. The third-order valence-electron chi connectivity index (χ3n) is 3.40. The smallest absolute Gasteiger partial charge is 0.145 e. The first-order chi connectivity index (χ1) is 8.20. The number of ether oxygens (including phenoxy) is 1. The van der Waals surface area contributed by atoms with Crippen LogP contribution in [0.4, 0.5) is 10.1 Å². The predicted molar refractivity (Wildman–Crippen MR) is 66.2 cm³/mol. The molecule has 0 aliphatic heterocycles. The zero-order chi connectivity index (χ0) is 12.3. The molecule has 2 atom stereocenters. The molecule has 3 nitrogen and oxygen atoms in total. The maximum absolute atomic E-state index is 13.1. The molecule has 1 saturated carbocycles. The summed E-state index contributed by atoms with van der Waals surface area (Å²) in [5.41, 5.74) is 12.0. The van der Waals surface area contributed by atoms with Crippen molar-refractivity contribution < 1.29 is 9.13 Å². The van der Waals surface area contributed by atoms with E-state index in [1.54, 1.807) is 0 Å². The molecule has 0 bridgehead atoms. The first kappa shape index (κ1) is 12.2. The lowest BCUT2D eigenvalue weighted by atomic mass is 9.86. The van der Waals surface area contributed by atoms with Crippen LogP contribution in [0.3, 0.4) is 0 Å². The Morgan fingerprint density at radius 2 is 2.06 bits per heavy atom. The molecule has 1 aromatic carbocycles. The second kappa shape index (κ2) is 5.36. The van der Waals surface area contributed by atoms with Crippen LogP contribution in [-0.4, -0.2) is 12.6 Å². The van der Waals surface area contributed by atoms with Crippen molar-refractivity contribution >= 4 is 5.69 Å². The standard InChI is InChI=1S/C13H19FN2O/c14-10-5-6-11(16)13(7-10)17-12-4-2-1-3-9(12)8-15/h5-7,9,12H,1-4,8,15-16H2. The van der Waals surface area contributed by atoms with Crippen LogP contribution in [0.2, 0.25) is 0 Å². The molecule has 1 fully saturated rings. The van der Waals surface area contributed by atoms with Gasteiger partial charge >= 0.3 is 0 Å². The molecule has 0 radical (unpaired) electrons. The van der Waals surface area contributed by atoms with Crippen molar-refractivity contribution in [3.8, 4) is 5.75 Å². The summed E-state index contributed by atoms with van der Waals surface area (Å²) >= 11 is 0. The molecule has 17 heavy (non-hydrogen) atoms. The fraction of sp³-hybridized carbons (Fsp3) is 0.538. The van der Waals surface area contributed by atoms with Crippen LogP contribution < -0.4 is 16.2 Å². The van der Waals surface area contributed by atoms with Gasteiger partial charge in [0.25, 0.3) is 0 Å². The highest BCUT2D eigenvalue weighted by atomic mass is 19.1. The van der Waals surface area contributed by atoms with Gasteiger partial charge in [0.2, 0.25) is 0 Å². The van der Waals surface area contributed by atoms with Gasteiger partial charge in [-0.25, -0.2) is 4.39 Å². The number of halogens is 1. The van der Waals surface area contributed by atoms with Crippen LogP contribution in [0, 0.1) is 11.7 Å². The quantitative estimate of drug-likeness (QED) is 0.794. The Bertz CT molecular complexity index is 384. The van der Waals surface area contributed by atoms with Crippen molar-refractivity contribution in [2.45, 2.75) is 31.8 Å². The maximum Gasteiger partial charge on any atom is 0.145 e. The SMILES string of the molecule is NCC1CCCCC1Oc1cc(F)ccc1N. The molecule has 0 spiro atoms. The summed E-state index contributed by atoms with van der Waals surface area (Å²) in [7, 11) is 0. The Balaban J connectivity index is 2.10. The molecule has 4 N–H and O–H groups in total. The van der Waals surface area contributed by atoms with Crippen molar-refractivity contribution in [2.24, 2.45) is 11.7 Å². The van der Waals surface area contributed by atoms with Crippen molar-refractivity contribution in [3.63, 3.8) is 0 Å². The van der Waals surface area contributed by atoms with Gasteiger partial charge in [-0.05, 0) is 37.9 Å². The summed E-state index contributed by atoms with van der Waals surface area (Å²) in [5, 5.41) is 0. The summed E-state index contributed by atoms with van der Waals surface area (Å²) in [6.45, 7) is 0.611. The lowest BCUT2D eigenvalue weighted by Crippen LogP contribution is -2.35. The normalized spacial score (nSPS) is 24.6. The second-order valence-electron chi connectivity index (χ2n) is 4.62. The molecule has 4 heteroatoms. The van der Waals surface area contributed by atoms with Crippen LogP contribution in [0.15, 0.2) is 18.2 Å². The van der Waals surface area contributed by atoms with Crippen molar-refractivity contribution in [1.29, 1.82) is 0 Å². The molecule has 0 saturated heterocycles. The minimum atomic E-state index is -0.325. The van der Waals surface area contributed by atoms with Gasteiger partial charge in [0.15, 0.2) is 0 Å². The Morgan fingerprint density at radius 3 is 2.82 bits per heavy atom. The molecule has 2 rings (SSSR count). The average molecular weight is 238 g/mol. The Hall–Kier alpha value is -1.29. The van der Waals surface area contributed by atoms with E-state index in [-0.39, 0.29) is 11.9 Å². The predicted octanol–water partition coefficient (Wildman–Crippen LogP) is 2.30. The van der Waals surface area contributed by atoms with Crippen LogP contribution >= 0.6 is 0 Å². The van der Waals surface area contributed by atoms with E-state index in [1.807, 2.05) is 0 Å². The minimum Gasteiger partial charge on any atom is -0.488 e. The van der Waals surface area contributed by atoms with Crippen LogP contribution in [0.1, 0.15) is 25.7 Å². The Labute approximate surface area is 101 Å². The molecule has 1 aliphatic rings. The second-order valence-corrected chi connectivity index (χ2v) is 4.62. The number of nitrogens with two attached hydrogens (primary N) is 2. The van der Waals surface area contributed by atoms with Gasteiger partial charge in [0.1, 0.15) is 17.7 Å². The number of nitrogen functional groups attached to an aromatic ring is 1. The van der Waals surface area contributed by atoms with E-state index in [0.717, 1.165) is 19.3 Å². The van der Waals surface area contributed by atoms with Gasteiger partial charge in [-0.3, -0.25) is 0 Å². The molecule has 0 heterocycles. The number of benzene rings is 1. The Kier molecular flexibility index (Phi) is 3.84. The van der Waals surface area contributed by atoms with E-state index in [9.17, 15) is 4.39 Å². The number of rotatable bonds is 3. The van der Waals surface area contributed by atoms with Gasteiger partial charge in [-0.2, -0.15) is 0 Å². The van der Waals surface area contributed by atoms with Crippen molar-refractivity contribution in [3.05, 3.63) is 24.0 Å². The molecule has 1 aromatic rings. The molecular weight excluding hydrogens is 219 g/mol. The average Bonchev–Trinajstić information content (AvgIpc) is 2.34.